The number of rotatable bonds is 2. The van der Waals surface area contributed by atoms with Crippen molar-refractivity contribution in [1.29, 1.82) is 0 Å². The van der Waals surface area contributed by atoms with Crippen LogP contribution in [0.1, 0.15) is 34.9 Å². The molecule has 2 aromatic rings. The van der Waals surface area contributed by atoms with Crippen molar-refractivity contribution < 1.29 is 9.90 Å². The van der Waals surface area contributed by atoms with E-state index in [1.165, 1.54) is 18.5 Å². The molecule has 21 heavy (non-hydrogen) atoms. The molecule has 0 bridgehead atoms. The van der Waals surface area contributed by atoms with Gasteiger partial charge >= 0.3 is 0 Å². The van der Waals surface area contributed by atoms with E-state index in [0.29, 0.717) is 24.6 Å². The van der Waals surface area contributed by atoms with Crippen molar-refractivity contribution in [2.75, 3.05) is 13.1 Å². The first kappa shape index (κ1) is 13.5. The van der Waals surface area contributed by atoms with Gasteiger partial charge in [-0.3, -0.25) is 9.78 Å². The molecule has 0 atom stereocenters. The van der Waals surface area contributed by atoms with E-state index in [1.807, 2.05) is 11.6 Å². The van der Waals surface area contributed by atoms with E-state index in [2.05, 4.69) is 15.2 Å². The highest BCUT2D eigenvalue weighted by Crippen LogP contribution is 2.27. The number of pyridine rings is 1. The minimum Gasteiger partial charge on any atom is -0.506 e. The number of piperidine rings is 1. The second-order valence-electron chi connectivity index (χ2n) is 5.30. The molecule has 1 saturated heterocycles. The standard InChI is InChI=1S/C14H17N5O2/c1-18-9-16-17-13(18)10-2-4-19(5-3-10)14(21)11-6-12(20)8-15-7-11/h6-10,20H,2-5H2,1H3. The molecular formula is C14H17N5O2. The van der Waals surface area contributed by atoms with Gasteiger partial charge in [0.1, 0.15) is 17.9 Å². The predicted octanol–water partition coefficient (Wildman–Crippen LogP) is 0.935. The summed E-state index contributed by atoms with van der Waals surface area (Å²) in [4.78, 5) is 18.0. The minimum absolute atomic E-state index is 0.00909. The van der Waals surface area contributed by atoms with Crippen LogP contribution in [-0.4, -0.2) is 48.8 Å². The van der Waals surface area contributed by atoms with Crippen LogP contribution in [0.3, 0.4) is 0 Å². The Kier molecular flexibility index (Phi) is 3.55. The van der Waals surface area contributed by atoms with Crippen LogP contribution < -0.4 is 0 Å². The fourth-order valence-electron chi connectivity index (χ4n) is 2.73. The summed E-state index contributed by atoms with van der Waals surface area (Å²) in [6.07, 6.45) is 6.23. The first-order valence-corrected chi connectivity index (χ1v) is 6.92. The van der Waals surface area contributed by atoms with Crippen LogP contribution in [0.2, 0.25) is 0 Å². The third-order valence-corrected chi connectivity index (χ3v) is 3.86. The lowest BCUT2D eigenvalue weighted by Gasteiger charge is -2.31. The average molecular weight is 287 g/mol. The first-order chi connectivity index (χ1) is 10.1. The largest absolute Gasteiger partial charge is 0.506 e. The molecule has 0 unspecified atom stereocenters. The van der Waals surface area contributed by atoms with Crippen molar-refractivity contribution >= 4 is 5.91 Å². The van der Waals surface area contributed by atoms with Crippen molar-refractivity contribution in [3.05, 3.63) is 36.2 Å². The van der Waals surface area contributed by atoms with Gasteiger partial charge in [0.25, 0.3) is 5.91 Å². The second kappa shape index (κ2) is 5.51. The molecule has 110 valence electrons. The predicted molar refractivity (Wildman–Crippen MR) is 74.8 cm³/mol. The number of aromatic nitrogens is 4. The molecule has 0 spiro atoms. The van der Waals surface area contributed by atoms with Crippen molar-refractivity contribution in [3.63, 3.8) is 0 Å². The van der Waals surface area contributed by atoms with Crippen LogP contribution in [0.15, 0.2) is 24.8 Å². The van der Waals surface area contributed by atoms with Gasteiger partial charge in [0.15, 0.2) is 0 Å². The van der Waals surface area contributed by atoms with E-state index in [4.69, 9.17) is 0 Å². The molecule has 3 heterocycles. The van der Waals surface area contributed by atoms with E-state index >= 15 is 0 Å². The molecule has 1 fully saturated rings. The zero-order chi connectivity index (χ0) is 14.8. The summed E-state index contributed by atoms with van der Waals surface area (Å²) in [5.74, 6) is 1.23. The van der Waals surface area contributed by atoms with Gasteiger partial charge in [-0.25, -0.2) is 0 Å². The Hall–Kier alpha value is -2.44. The number of likely N-dealkylation sites (tertiary alicyclic amines) is 1. The number of amides is 1. The average Bonchev–Trinajstić information content (AvgIpc) is 2.93. The highest BCUT2D eigenvalue weighted by Gasteiger charge is 2.27. The Morgan fingerprint density at radius 2 is 2.10 bits per heavy atom. The van der Waals surface area contributed by atoms with E-state index in [1.54, 1.807) is 11.2 Å². The van der Waals surface area contributed by atoms with E-state index < -0.39 is 0 Å². The Bertz CT molecular complexity index is 646. The van der Waals surface area contributed by atoms with Crippen LogP contribution in [0, 0.1) is 0 Å². The lowest BCUT2D eigenvalue weighted by atomic mass is 9.95. The Morgan fingerprint density at radius 1 is 1.33 bits per heavy atom. The maximum Gasteiger partial charge on any atom is 0.255 e. The molecule has 3 rings (SSSR count). The summed E-state index contributed by atoms with van der Waals surface area (Å²) in [6.45, 7) is 1.35. The Balaban J connectivity index is 1.66. The summed E-state index contributed by atoms with van der Waals surface area (Å²) in [5, 5.41) is 17.5. The molecule has 2 aromatic heterocycles. The molecule has 1 aliphatic rings. The fourth-order valence-corrected chi connectivity index (χ4v) is 2.73. The maximum absolute atomic E-state index is 12.4. The monoisotopic (exact) mass is 287 g/mol. The second-order valence-corrected chi connectivity index (χ2v) is 5.30. The zero-order valence-electron chi connectivity index (χ0n) is 11.8. The summed E-state index contributed by atoms with van der Waals surface area (Å²) in [5.41, 5.74) is 0.423. The molecule has 7 nitrogen and oxygen atoms in total. The van der Waals surface area contributed by atoms with Gasteiger partial charge in [-0.2, -0.15) is 0 Å². The molecule has 1 amide bonds. The number of carbonyl (C=O) groups is 1. The van der Waals surface area contributed by atoms with E-state index in [-0.39, 0.29) is 11.7 Å². The van der Waals surface area contributed by atoms with E-state index in [0.717, 1.165) is 18.7 Å². The topological polar surface area (TPSA) is 84.1 Å². The lowest BCUT2D eigenvalue weighted by Crippen LogP contribution is -2.38. The third kappa shape index (κ3) is 2.72. The van der Waals surface area contributed by atoms with Crippen LogP contribution in [0.5, 0.6) is 5.75 Å². The van der Waals surface area contributed by atoms with Crippen LogP contribution in [-0.2, 0) is 7.05 Å². The maximum atomic E-state index is 12.4. The summed E-state index contributed by atoms with van der Waals surface area (Å²) < 4.78 is 1.93. The summed E-state index contributed by atoms with van der Waals surface area (Å²) >= 11 is 0. The fraction of sp³-hybridized carbons (Fsp3) is 0.429. The molecular weight excluding hydrogens is 270 g/mol. The molecule has 1 N–H and O–H groups in total. The van der Waals surface area contributed by atoms with Gasteiger partial charge in [-0.15, -0.1) is 10.2 Å². The Labute approximate surface area is 122 Å². The van der Waals surface area contributed by atoms with Gasteiger partial charge in [0.2, 0.25) is 0 Å². The Morgan fingerprint density at radius 3 is 2.71 bits per heavy atom. The molecule has 7 heteroatoms. The minimum atomic E-state index is -0.0881. The van der Waals surface area contributed by atoms with Gasteiger partial charge in [-0.05, 0) is 18.9 Å². The van der Waals surface area contributed by atoms with Crippen molar-refractivity contribution in [1.82, 2.24) is 24.6 Å². The number of aryl methyl sites for hydroxylation is 1. The van der Waals surface area contributed by atoms with Gasteiger partial charge in [0, 0.05) is 32.3 Å². The zero-order valence-corrected chi connectivity index (χ0v) is 11.8. The van der Waals surface area contributed by atoms with Crippen LogP contribution >= 0.6 is 0 Å². The lowest BCUT2D eigenvalue weighted by molar-refractivity contribution is 0.0709. The van der Waals surface area contributed by atoms with E-state index in [9.17, 15) is 9.90 Å². The quantitative estimate of drug-likeness (QED) is 0.888. The van der Waals surface area contributed by atoms with Gasteiger partial charge < -0.3 is 14.6 Å². The molecule has 1 aliphatic heterocycles. The summed E-state index contributed by atoms with van der Waals surface area (Å²) in [7, 11) is 1.94. The number of nitrogens with zero attached hydrogens (tertiary/aromatic N) is 5. The molecule has 0 aromatic carbocycles. The van der Waals surface area contributed by atoms with Gasteiger partial charge in [-0.1, -0.05) is 0 Å². The van der Waals surface area contributed by atoms with Crippen molar-refractivity contribution in [2.45, 2.75) is 18.8 Å². The van der Waals surface area contributed by atoms with Crippen molar-refractivity contribution in [2.24, 2.45) is 7.05 Å². The number of hydrogen-bond donors (Lipinski definition) is 1. The van der Waals surface area contributed by atoms with Gasteiger partial charge in [0.05, 0.1) is 11.8 Å². The highest BCUT2D eigenvalue weighted by molar-refractivity contribution is 5.94. The molecule has 0 saturated carbocycles. The number of aromatic hydroxyl groups is 1. The highest BCUT2D eigenvalue weighted by atomic mass is 16.3. The number of hydrogen-bond acceptors (Lipinski definition) is 5. The van der Waals surface area contributed by atoms with Crippen LogP contribution in [0.25, 0.3) is 0 Å². The molecule has 0 radical (unpaired) electrons. The smallest absolute Gasteiger partial charge is 0.255 e. The first-order valence-electron chi connectivity index (χ1n) is 6.92. The SMILES string of the molecule is Cn1cnnc1C1CCN(C(=O)c2cncc(O)c2)CC1. The van der Waals surface area contributed by atoms with Crippen LogP contribution in [0.4, 0.5) is 0 Å². The normalized spacial score (nSPS) is 16.1. The number of carbonyl (C=O) groups excluding carboxylic acids is 1. The van der Waals surface area contributed by atoms with Crippen molar-refractivity contribution in [3.8, 4) is 5.75 Å². The summed E-state index contributed by atoms with van der Waals surface area (Å²) in [6, 6.07) is 1.45. The molecule has 0 aliphatic carbocycles. The third-order valence-electron chi connectivity index (χ3n) is 3.86.